The maximum absolute atomic E-state index is 13.3. The average molecular weight is 237 g/mol. The molecule has 1 aromatic carbocycles. The third-order valence-electron chi connectivity index (χ3n) is 1.75. The summed E-state index contributed by atoms with van der Waals surface area (Å²) in [6.45, 7) is -0.566. The Bertz CT molecular complexity index is 496. The molecule has 3 N–H and O–H groups in total. The maximum Gasteiger partial charge on any atom is 0.323 e. The number of rotatable bonds is 3. The Kier molecular flexibility index (Phi) is 4.00. The zero-order valence-electron chi connectivity index (χ0n) is 8.53. The predicted octanol–water partition coefficient (Wildman–Crippen LogP) is 0.903. The van der Waals surface area contributed by atoms with Crippen LogP contribution in [-0.2, 0) is 4.79 Å². The molecule has 1 rings (SSSR count). The highest BCUT2D eigenvalue weighted by Crippen LogP contribution is 2.14. The quantitative estimate of drug-likeness (QED) is 0.726. The summed E-state index contributed by atoms with van der Waals surface area (Å²) in [5, 5.41) is 20.9. The second-order valence-corrected chi connectivity index (χ2v) is 3.01. The lowest BCUT2D eigenvalue weighted by Gasteiger charge is -2.06. The summed E-state index contributed by atoms with van der Waals surface area (Å²) >= 11 is 0. The number of benzene rings is 1. The lowest BCUT2D eigenvalue weighted by molar-refractivity contribution is -0.135. The first-order valence-corrected chi connectivity index (χ1v) is 4.49. The normalized spacial score (nSPS) is 9.18. The maximum atomic E-state index is 13.3. The number of nitriles is 1. The first-order valence-electron chi connectivity index (χ1n) is 4.49. The van der Waals surface area contributed by atoms with Crippen molar-refractivity contribution >= 4 is 17.7 Å². The molecule has 0 saturated heterocycles. The number of carboxylic acids is 1. The van der Waals surface area contributed by atoms with Crippen molar-refractivity contribution in [2.75, 3.05) is 11.9 Å². The van der Waals surface area contributed by atoms with Gasteiger partial charge in [-0.2, -0.15) is 5.26 Å². The molecule has 0 bridgehead atoms. The highest BCUT2D eigenvalue weighted by atomic mass is 19.1. The Morgan fingerprint density at radius 3 is 2.71 bits per heavy atom. The van der Waals surface area contributed by atoms with E-state index < -0.39 is 24.4 Å². The number of carbonyl (C=O) groups is 2. The van der Waals surface area contributed by atoms with Gasteiger partial charge in [-0.05, 0) is 18.2 Å². The van der Waals surface area contributed by atoms with E-state index in [1.165, 1.54) is 12.1 Å². The molecule has 17 heavy (non-hydrogen) atoms. The first-order chi connectivity index (χ1) is 8.02. The SMILES string of the molecule is N#Cc1ccc(NC(=O)NCC(=O)O)c(F)c1. The van der Waals surface area contributed by atoms with Gasteiger partial charge in [-0.1, -0.05) is 0 Å². The van der Waals surface area contributed by atoms with Gasteiger partial charge in [0.15, 0.2) is 0 Å². The zero-order valence-corrected chi connectivity index (χ0v) is 8.53. The minimum atomic E-state index is -1.21. The van der Waals surface area contributed by atoms with Gasteiger partial charge >= 0.3 is 12.0 Å². The summed E-state index contributed by atoms with van der Waals surface area (Å²) in [5.41, 5.74) is -0.00844. The monoisotopic (exact) mass is 237 g/mol. The van der Waals surface area contributed by atoms with Gasteiger partial charge < -0.3 is 15.7 Å². The van der Waals surface area contributed by atoms with Crippen LogP contribution >= 0.6 is 0 Å². The van der Waals surface area contributed by atoms with Crippen molar-refractivity contribution in [3.8, 4) is 6.07 Å². The summed E-state index contributed by atoms with van der Waals surface area (Å²) in [7, 11) is 0. The van der Waals surface area contributed by atoms with Gasteiger partial charge in [0, 0.05) is 0 Å². The van der Waals surface area contributed by atoms with E-state index in [1.807, 2.05) is 5.32 Å². The number of amides is 2. The molecule has 6 nitrogen and oxygen atoms in total. The van der Waals surface area contributed by atoms with E-state index in [0.717, 1.165) is 6.07 Å². The van der Waals surface area contributed by atoms with E-state index in [4.69, 9.17) is 10.4 Å². The molecule has 0 unspecified atom stereocenters. The molecule has 88 valence electrons. The fourth-order valence-corrected chi connectivity index (χ4v) is 1.01. The molecule has 0 radical (unpaired) electrons. The van der Waals surface area contributed by atoms with Gasteiger partial charge in [0.25, 0.3) is 0 Å². The fraction of sp³-hybridized carbons (Fsp3) is 0.100. The van der Waals surface area contributed by atoms with Crippen molar-refractivity contribution in [1.82, 2.24) is 5.32 Å². The van der Waals surface area contributed by atoms with Crippen LogP contribution in [0.5, 0.6) is 0 Å². The number of nitrogens with zero attached hydrogens (tertiary/aromatic N) is 1. The van der Waals surface area contributed by atoms with Crippen LogP contribution in [0.1, 0.15) is 5.56 Å². The minimum absolute atomic E-state index is 0.124. The topological polar surface area (TPSA) is 102 Å². The molecule has 0 aromatic heterocycles. The van der Waals surface area contributed by atoms with Crippen molar-refractivity contribution in [2.45, 2.75) is 0 Å². The predicted molar refractivity (Wildman–Crippen MR) is 55.8 cm³/mol. The number of carbonyl (C=O) groups excluding carboxylic acids is 1. The number of hydrogen-bond donors (Lipinski definition) is 3. The van der Waals surface area contributed by atoms with E-state index in [9.17, 15) is 14.0 Å². The van der Waals surface area contributed by atoms with Gasteiger partial charge in [0.1, 0.15) is 12.4 Å². The lowest BCUT2D eigenvalue weighted by Crippen LogP contribution is -2.33. The molecular formula is C10H8FN3O3. The molecule has 0 saturated carbocycles. The second kappa shape index (κ2) is 5.46. The molecule has 0 fully saturated rings. The first kappa shape index (κ1) is 12.4. The molecule has 0 spiro atoms. The zero-order chi connectivity index (χ0) is 12.8. The fourth-order valence-electron chi connectivity index (χ4n) is 1.01. The standard InChI is InChI=1S/C10H8FN3O3/c11-7-3-6(4-12)1-2-8(7)14-10(17)13-5-9(15)16/h1-3H,5H2,(H,15,16)(H2,13,14,17). The largest absolute Gasteiger partial charge is 0.480 e. The van der Waals surface area contributed by atoms with Crippen molar-refractivity contribution in [3.05, 3.63) is 29.6 Å². The van der Waals surface area contributed by atoms with E-state index >= 15 is 0 Å². The van der Waals surface area contributed by atoms with Crippen LogP contribution in [0, 0.1) is 17.1 Å². The Labute approximate surface area is 95.7 Å². The molecule has 0 aliphatic carbocycles. The molecular weight excluding hydrogens is 229 g/mol. The molecule has 0 aliphatic heterocycles. The minimum Gasteiger partial charge on any atom is -0.480 e. The number of nitrogens with one attached hydrogen (secondary N) is 2. The van der Waals surface area contributed by atoms with E-state index in [-0.39, 0.29) is 11.3 Å². The van der Waals surface area contributed by atoms with Crippen LogP contribution in [-0.4, -0.2) is 23.7 Å². The second-order valence-electron chi connectivity index (χ2n) is 3.01. The lowest BCUT2D eigenvalue weighted by atomic mass is 10.2. The average Bonchev–Trinajstić information content (AvgIpc) is 2.29. The number of urea groups is 1. The van der Waals surface area contributed by atoms with E-state index in [0.29, 0.717) is 0 Å². The van der Waals surface area contributed by atoms with E-state index in [2.05, 4.69) is 5.32 Å². The summed E-state index contributed by atoms with van der Waals surface area (Å²) in [6.07, 6.45) is 0. The highest BCUT2D eigenvalue weighted by Gasteiger charge is 2.08. The number of anilines is 1. The van der Waals surface area contributed by atoms with Gasteiger partial charge in [-0.15, -0.1) is 0 Å². The Hall–Kier alpha value is -2.62. The van der Waals surface area contributed by atoms with Crippen LogP contribution < -0.4 is 10.6 Å². The molecule has 0 heterocycles. The highest BCUT2D eigenvalue weighted by molar-refractivity contribution is 5.91. The van der Waals surface area contributed by atoms with Crippen LogP contribution in [0.2, 0.25) is 0 Å². The third-order valence-corrected chi connectivity index (χ3v) is 1.75. The van der Waals surface area contributed by atoms with Crippen LogP contribution in [0.15, 0.2) is 18.2 Å². The number of hydrogen-bond acceptors (Lipinski definition) is 3. The molecule has 0 aliphatic rings. The van der Waals surface area contributed by atoms with Crippen LogP contribution in [0.3, 0.4) is 0 Å². The number of halogens is 1. The van der Waals surface area contributed by atoms with Gasteiger partial charge in [-0.3, -0.25) is 4.79 Å². The Morgan fingerprint density at radius 1 is 1.47 bits per heavy atom. The van der Waals surface area contributed by atoms with Crippen molar-refractivity contribution in [3.63, 3.8) is 0 Å². The van der Waals surface area contributed by atoms with Crippen LogP contribution in [0.25, 0.3) is 0 Å². The van der Waals surface area contributed by atoms with Gasteiger partial charge in [0.2, 0.25) is 0 Å². The molecule has 0 atom stereocenters. The van der Waals surface area contributed by atoms with Crippen molar-refractivity contribution < 1.29 is 19.1 Å². The summed E-state index contributed by atoms with van der Waals surface area (Å²) < 4.78 is 13.3. The number of aliphatic carboxylic acids is 1. The van der Waals surface area contributed by atoms with Crippen LogP contribution in [0.4, 0.5) is 14.9 Å². The number of carboxylic acid groups (broad SMARTS) is 1. The van der Waals surface area contributed by atoms with Gasteiger partial charge in [-0.25, -0.2) is 9.18 Å². The molecule has 7 heteroatoms. The summed E-state index contributed by atoms with van der Waals surface area (Å²) in [5.74, 6) is -1.98. The Morgan fingerprint density at radius 2 is 2.18 bits per heavy atom. The smallest absolute Gasteiger partial charge is 0.323 e. The third kappa shape index (κ3) is 3.79. The van der Waals surface area contributed by atoms with Crippen molar-refractivity contribution in [1.29, 1.82) is 5.26 Å². The Balaban J connectivity index is 2.66. The van der Waals surface area contributed by atoms with Gasteiger partial charge in [0.05, 0.1) is 17.3 Å². The summed E-state index contributed by atoms with van der Waals surface area (Å²) in [4.78, 5) is 21.3. The molecule has 1 aromatic rings. The summed E-state index contributed by atoms with van der Waals surface area (Å²) in [6, 6.07) is 4.42. The van der Waals surface area contributed by atoms with E-state index in [1.54, 1.807) is 6.07 Å². The van der Waals surface area contributed by atoms with Crippen molar-refractivity contribution in [2.24, 2.45) is 0 Å². The molecule has 2 amide bonds.